The first-order valence-corrected chi connectivity index (χ1v) is 11.7. The molecule has 1 amide bonds. The number of phenols is 2. The maximum Gasteiger partial charge on any atom is 0.312 e. The Hall–Kier alpha value is -5.19. The Balaban J connectivity index is 1.73. The van der Waals surface area contributed by atoms with Crippen molar-refractivity contribution in [2.75, 3.05) is 20.8 Å². The summed E-state index contributed by atoms with van der Waals surface area (Å²) < 4.78 is 27.5. The van der Waals surface area contributed by atoms with Crippen LogP contribution in [0.1, 0.15) is 23.5 Å². The first-order valence-electron chi connectivity index (χ1n) is 11.7. The van der Waals surface area contributed by atoms with Gasteiger partial charge in [0.25, 0.3) is 5.91 Å². The highest BCUT2D eigenvalue weighted by Gasteiger charge is 2.34. The third kappa shape index (κ3) is 4.65. The summed E-state index contributed by atoms with van der Waals surface area (Å²) in [5.41, 5.74) is 5.98. The summed E-state index contributed by atoms with van der Waals surface area (Å²) in [6.07, 6.45) is -0.119. The molecule has 5 rings (SSSR count). The van der Waals surface area contributed by atoms with Gasteiger partial charge in [0.1, 0.15) is 28.2 Å². The maximum absolute atomic E-state index is 13.2. The van der Waals surface area contributed by atoms with Crippen molar-refractivity contribution in [3.63, 3.8) is 0 Å². The Morgan fingerprint density at radius 3 is 2.41 bits per heavy atom. The molecule has 0 saturated carbocycles. The van der Waals surface area contributed by atoms with Crippen LogP contribution in [0.2, 0.25) is 0 Å². The molecular formula is C28H23NO10. The van der Waals surface area contributed by atoms with Crippen LogP contribution in [0.3, 0.4) is 0 Å². The predicted octanol–water partition coefficient (Wildman–Crippen LogP) is 3.19. The van der Waals surface area contributed by atoms with Gasteiger partial charge in [-0.15, -0.1) is 0 Å². The van der Waals surface area contributed by atoms with Gasteiger partial charge in [0.05, 0.1) is 20.6 Å². The number of nitrogens with two attached hydrogens (primary N) is 1. The van der Waals surface area contributed by atoms with Gasteiger partial charge in [-0.3, -0.25) is 14.4 Å². The number of primary amides is 1. The highest BCUT2D eigenvalue weighted by Crippen LogP contribution is 2.47. The van der Waals surface area contributed by atoms with Gasteiger partial charge >= 0.3 is 5.97 Å². The largest absolute Gasteiger partial charge is 0.507 e. The Bertz CT molecular complexity index is 1690. The fraction of sp³-hybridized carbons (Fsp3) is 0.179. The molecule has 4 N–H and O–H groups in total. The third-order valence-electron chi connectivity index (χ3n) is 6.35. The number of carbonyl (C=O) groups is 2. The number of hydrogen-bond donors (Lipinski definition) is 3. The topological polar surface area (TPSA) is 168 Å². The smallest absolute Gasteiger partial charge is 0.312 e. The number of methoxy groups -OCH3 is 2. The van der Waals surface area contributed by atoms with Crippen molar-refractivity contribution in [2.45, 2.75) is 12.3 Å². The maximum atomic E-state index is 13.2. The van der Waals surface area contributed by atoms with Crippen LogP contribution in [0, 0.1) is 0 Å². The lowest BCUT2D eigenvalue weighted by molar-refractivity contribution is -0.135. The van der Waals surface area contributed by atoms with E-state index in [1.54, 1.807) is 24.3 Å². The number of carbonyl (C=O) groups excluding carboxylic acids is 2. The van der Waals surface area contributed by atoms with E-state index >= 15 is 0 Å². The summed E-state index contributed by atoms with van der Waals surface area (Å²) in [4.78, 5) is 37.1. The number of hydrogen-bond acceptors (Lipinski definition) is 10. The lowest BCUT2D eigenvalue weighted by atomic mass is 9.85. The van der Waals surface area contributed by atoms with Crippen molar-refractivity contribution >= 4 is 22.8 Å². The molecule has 0 bridgehead atoms. The molecule has 4 aromatic rings. The van der Waals surface area contributed by atoms with Crippen LogP contribution in [0.5, 0.6) is 34.5 Å². The lowest BCUT2D eigenvalue weighted by Gasteiger charge is -2.26. The van der Waals surface area contributed by atoms with Crippen molar-refractivity contribution in [1.29, 1.82) is 0 Å². The average molecular weight is 533 g/mol. The van der Waals surface area contributed by atoms with E-state index in [0.29, 0.717) is 22.4 Å². The summed E-state index contributed by atoms with van der Waals surface area (Å²) in [7, 11) is 2.84. The fourth-order valence-corrected chi connectivity index (χ4v) is 4.60. The summed E-state index contributed by atoms with van der Waals surface area (Å²) in [5.74, 6) is -1.61. The molecule has 1 unspecified atom stereocenters. The zero-order valence-corrected chi connectivity index (χ0v) is 20.8. The van der Waals surface area contributed by atoms with E-state index in [-0.39, 0.29) is 46.1 Å². The third-order valence-corrected chi connectivity index (χ3v) is 6.35. The number of aromatic hydroxyl groups is 2. The van der Waals surface area contributed by atoms with Crippen molar-refractivity contribution in [1.82, 2.24) is 0 Å². The standard InChI is InChI=1S/C28H23NO10/c1-35-19-5-4-14(7-16(19)30)21-10-17(31)27-18(32)11-23-26(28(27)39-21)15(9-25(34)38-23)13-3-6-20(36-2)22(8-13)37-12-24(29)33/h3-8,10-11,15,30,32H,9,12H2,1-2H3,(H2,29,33). The average Bonchev–Trinajstić information content (AvgIpc) is 2.90. The Labute approximate surface area is 220 Å². The van der Waals surface area contributed by atoms with Crippen molar-refractivity contribution < 1.29 is 43.2 Å². The summed E-state index contributed by atoms with van der Waals surface area (Å²) in [6, 6.07) is 11.8. The van der Waals surface area contributed by atoms with Gasteiger partial charge in [0.2, 0.25) is 0 Å². The second-order valence-corrected chi connectivity index (χ2v) is 8.77. The number of esters is 1. The number of benzene rings is 3. The van der Waals surface area contributed by atoms with Gasteiger partial charge in [-0.05, 0) is 35.9 Å². The van der Waals surface area contributed by atoms with E-state index < -0.39 is 35.6 Å². The summed E-state index contributed by atoms with van der Waals surface area (Å²) >= 11 is 0. The minimum atomic E-state index is -0.686. The van der Waals surface area contributed by atoms with Gasteiger partial charge in [-0.2, -0.15) is 0 Å². The van der Waals surface area contributed by atoms with Crippen molar-refractivity contribution in [2.24, 2.45) is 5.73 Å². The van der Waals surface area contributed by atoms with Gasteiger partial charge in [-0.1, -0.05) is 6.07 Å². The van der Waals surface area contributed by atoms with Crippen LogP contribution in [0.4, 0.5) is 0 Å². The SMILES string of the molecule is COc1ccc(-c2cc(=O)c3c(O)cc4c(c3o2)C(c2ccc(OC)c(OCC(N)=O)c2)CC(=O)O4)cc1O. The van der Waals surface area contributed by atoms with E-state index in [9.17, 15) is 24.6 Å². The number of amides is 1. The molecule has 1 aliphatic rings. The van der Waals surface area contributed by atoms with Crippen LogP contribution >= 0.6 is 0 Å². The molecular weight excluding hydrogens is 510 g/mol. The van der Waals surface area contributed by atoms with E-state index in [4.69, 9.17) is 29.1 Å². The minimum Gasteiger partial charge on any atom is -0.507 e. The monoisotopic (exact) mass is 533 g/mol. The molecule has 0 aliphatic carbocycles. The molecule has 1 aromatic heterocycles. The highest BCUT2D eigenvalue weighted by molar-refractivity contribution is 5.93. The Morgan fingerprint density at radius 2 is 1.72 bits per heavy atom. The fourth-order valence-electron chi connectivity index (χ4n) is 4.60. The van der Waals surface area contributed by atoms with Crippen molar-refractivity contribution in [3.8, 4) is 45.8 Å². The summed E-state index contributed by atoms with van der Waals surface area (Å²) in [6.45, 7) is -0.396. The van der Waals surface area contributed by atoms with E-state index in [0.717, 1.165) is 0 Å². The van der Waals surface area contributed by atoms with Gasteiger partial charge < -0.3 is 39.3 Å². The molecule has 2 heterocycles. The molecule has 0 spiro atoms. The molecule has 0 saturated heterocycles. The molecule has 0 radical (unpaired) electrons. The zero-order valence-electron chi connectivity index (χ0n) is 20.8. The number of ether oxygens (including phenoxy) is 4. The van der Waals surface area contributed by atoms with E-state index in [2.05, 4.69) is 0 Å². The predicted molar refractivity (Wildman–Crippen MR) is 138 cm³/mol. The highest BCUT2D eigenvalue weighted by atomic mass is 16.5. The molecule has 3 aromatic carbocycles. The molecule has 1 atom stereocenters. The lowest BCUT2D eigenvalue weighted by Crippen LogP contribution is -2.22. The second-order valence-electron chi connectivity index (χ2n) is 8.77. The molecule has 39 heavy (non-hydrogen) atoms. The molecule has 0 fully saturated rings. The van der Waals surface area contributed by atoms with Crippen LogP contribution in [0.15, 0.2) is 57.7 Å². The first-order chi connectivity index (χ1) is 18.7. The van der Waals surface area contributed by atoms with E-state index in [1.165, 1.54) is 38.5 Å². The van der Waals surface area contributed by atoms with Gasteiger partial charge in [0.15, 0.2) is 35.0 Å². The molecule has 200 valence electrons. The van der Waals surface area contributed by atoms with Crippen LogP contribution < -0.4 is 30.1 Å². The van der Waals surface area contributed by atoms with Crippen LogP contribution in [-0.2, 0) is 9.59 Å². The Morgan fingerprint density at radius 1 is 0.974 bits per heavy atom. The number of rotatable bonds is 7. The van der Waals surface area contributed by atoms with Crippen molar-refractivity contribution in [3.05, 3.63) is 69.9 Å². The van der Waals surface area contributed by atoms with E-state index in [1.807, 2.05) is 0 Å². The molecule has 11 nitrogen and oxygen atoms in total. The summed E-state index contributed by atoms with van der Waals surface area (Å²) in [5, 5.41) is 20.8. The minimum absolute atomic E-state index is 0.00994. The van der Waals surface area contributed by atoms with Gasteiger partial charge in [0, 0.05) is 29.2 Å². The number of fused-ring (bicyclic) bond motifs is 3. The second kappa shape index (κ2) is 9.93. The van der Waals surface area contributed by atoms with Crippen LogP contribution in [0.25, 0.3) is 22.3 Å². The Kier molecular flexibility index (Phi) is 6.48. The molecule has 1 aliphatic heterocycles. The zero-order chi connectivity index (χ0) is 27.8. The quantitative estimate of drug-likeness (QED) is 0.237. The number of phenolic OH excluding ortho intramolecular Hbond substituents is 2. The van der Waals surface area contributed by atoms with Crippen LogP contribution in [-0.4, -0.2) is 42.9 Å². The normalized spacial score (nSPS) is 14.4. The van der Waals surface area contributed by atoms with Gasteiger partial charge in [-0.25, -0.2) is 0 Å². The first kappa shape index (κ1) is 25.5. The molecule has 11 heteroatoms.